The predicted octanol–water partition coefficient (Wildman–Crippen LogP) is 2.45. The molecule has 0 spiro atoms. The molecular formula is C12H13FN2O. The molecule has 0 N–H and O–H groups in total. The molecule has 2 aromatic rings. The van der Waals surface area contributed by atoms with Crippen molar-refractivity contribution in [2.45, 2.75) is 13.5 Å². The fraction of sp³-hybridized carbons (Fsp3) is 0.250. The van der Waals surface area contributed by atoms with E-state index in [1.807, 2.05) is 19.3 Å². The minimum atomic E-state index is -0.217. The number of aryl methyl sites for hydroxylation is 2. The molecule has 0 fully saturated rings. The first kappa shape index (κ1) is 10.7. The summed E-state index contributed by atoms with van der Waals surface area (Å²) >= 11 is 0. The van der Waals surface area contributed by atoms with E-state index >= 15 is 0 Å². The second-order valence-electron chi connectivity index (χ2n) is 3.68. The van der Waals surface area contributed by atoms with E-state index in [0.717, 1.165) is 5.69 Å². The Kier molecular flexibility index (Phi) is 2.90. The van der Waals surface area contributed by atoms with Crippen molar-refractivity contribution < 1.29 is 9.13 Å². The van der Waals surface area contributed by atoms with Crippen LogP contribution in [-0.2, 0) is 13.7 Å². The third-order valence-corrected chi connectivity index (χ3v) is 2.28. The number of hydrogen-bond donors (Lipinski definition) is 0. The highest BCUT2D eigenvalue weighted by molar-refractivity contribution is 5.28. The second kappa shape index (κ2) is 4.35. The van der Waals surface area contributed by atoms with E-state index in [0.29, 0.717) is 17.9 Å². The molecule has 0 aliphatic carbocycles. The fourth-order valence-corrected chi connectivity index (χ4v) is 1.40. The highest BCUT2D eigenvalue weighted by Gasteiger charge is 2.01. The van der Waals surface area contributed by atoms with Crippen LogP contribution in [-0.4, -0.2) is 9.78 Å². The van der Waals surface area contributed by atoms with Gasteiger partial charge in [-0.2, -0.15) is 5.10 Å². The van der Waals surface area contributed by atoms with Crippen LogP contribution < -0.4 is 4.74 Å². The summed E-state index contributed by atoms with van der Waals surface area (Å²) in [6.07, 6.45) is 1.86. The minimum Gasteiger partial charge on any atom is -0.487 e. The summed E-state index contributed by atoms with van der Waals surface area (Å²) < 4.78 is 20.2. The molecule has 1 heterocycles. The average molecular weight is 220 g/mol. The van der Waals surface area contributed by atoms with Gasteiger partial charge in [-0.1, -0.05) is 0 Å². The van der Waals surface area contributed by atoms with Gasteiger partial charge in [0.15, 0.2) is 0 Å². The van der Waals surface area contributed by atoms with Gasteiger partial charge in [0.25, 0.3) is 0 Å². The number of halogens is 1. The SMILES string of the molecule is Cc1cc(OCc2ccn(C)n2)ccc1F. The number of hydrogen-bond acceptors (Lipinski definition) is 2. The Morgan fingerprint density at radius 1 is 1.38 bits per heavy atom. The molecule has 84 valence electrons. The van der Waals surface area contributed by atoms with Gasteiger partial charge in [0.05, 0.1) is 5.69 Å². The van der Waals surface area contributed by atoms with Gasteiger partial charge >= 0.3 is 0 Å². The van der Waals surface area contributed by atoms with E-state index < -0.39 is 0 Å². The zero-order valence-electron chi connectivity index (χ0n) is 9.27. The zero-order chi connectivity index (χ0) is 11.5. The first-order chi connectivity index (χ1) is 7.65. The van der Waals surface area contributed by atoms with Gasteiger partial charge in [0, 0.05) is 13.2 Å². The Labute approximate surface area is 93.5 Å². The highest BCUT2D eigenvalue weighted by atomic mass is 19.1. The molecule has 4 heteroatoms. The van der Waals surface area contributed by atoms with Crippen molar-refractivity contribution in [2.24, 2.45) is 7.05 Å². The molecule has 0 aliphatic heterocycles. The Balaban J connectivity index is 2.02. The van der Waals surface area contributed by atoms with Crippen molar-refractivity contribution in [3.63, 3.8) is 0 Å². The van der Waals surface area contributed by atoms with Crippen LogP contribution in [0.2, 0.25) is 0 Å². The van der Waals surface area contributed by atoms with E-state index in [2.05, 4.69) is 5.10 Å². The van der Waals surface area contributed by atoms with Gasteiger partial charge in [0.1, 0.15) is 18.2 Å². The van der Waals surface area contributed by atoms with Crippen molar-refractivity contribution in [3.8, 4) is 5.75 Å². The van der Waals surface area contributed by atoms with Crippen LogP contribution in [0, 0.1) is 12.7 Å². The van der Waals surface area contributed by atoms with Gasteiger partial charge in [-0.05, 0) is 36.8 Å². The Morgan fingerprint density at radius 2 is 2.19 bits per heavy atom. The van der Waals surface area contributed by atoms with Crippen LogP contribution in [0.25, 0.3) is 0 Å². The predicted molar refractivity (Wildman–Crippen MR) is 58.7 cm³/mol. The topological polar surface area (TPSA) is 27.1 Å². The van der Waals surface area contributed by atoms with E-state index in [-0.39, 0.29) is 5.82 Å². The van der Waals surface area contributed by atoms with Gasteiger partial charge in [-0.15, -0.1) is 0 Å². The van der Waals surface area contributed by atoms with Crippen molar-refractivity contribution in [3.05, 3.63) is 47.5 Å². The van der Waals surface area contributed by atoms with Crippen LogP contribution >= 0.6 is 0 Å². The summed E-state index contributed by atoms with van der Waals surface area (Å²) in [5.74, 6) is 0.440. The standard InChI is InChI=1S/C12H13FN2O/c1-9-7-11(3-4-12(9)13)16-8-10-5-6-15(2)14-10/h3-7H,8H2,1-2H3. The summed E-state index contributed by atoms with van der Waals surface area (Å²) in [6.45, 7) is 2.11. The average Bonchev–Trinajstić information content (AvgIpc) is 2.66. The van der Waals surface area contributed by atoms with E-state index in [1.165, 1.54) is 6.07 Å². The molecule has 0 amide bonds. The van der Waals surface area contributed by atoms with Crippen LogP contribution in [0.3, 0.4) is 0 Å². The van der Waals surface area contributed by atoms with Crippen molar-refractivity contribution in [1.29, 1.82) is 0 Å². The van der Waals surface area contributed by atoms with Crippen LogP contribution in [0.15, 0.2) is 30.5 Å². The molecule has 16 heavy (non-hydrogen) atoms. The number of nitrogens with zero attached hydrogens (tertiary/aromatic N) is 2. The van der Waals surface area contributed by atoms with Gasteiger partial charge in [-0.3, -0.25) is 4.68 Å². The summed E-state index contributed by atoms with van der Waals surface area (Å²) in [5, 5.41) is 4.18. The summed E-state index contributed by atoms with van der Waals surface area (Å²) in [6, 6.07) is 6.59. The van der Waals surface area contributed by atoms with Crippen LogP contribution in [0.5, 0.6) is 5.75 Å². The Morgan fingerprint density at radius 3 is 2.81 bits per heavy atom. The van der Waals surface area contributed by atoms with Gasteiger partial charge < -0.3 is 4.74 Å². The number of rotatable bonds is 3. The molecule has 1 aromatic carbocycles. The third-order valence-electron chi connectivity index (χ3n) is 2.28. The summed E-state index contributed by atoms with van der Waals surface area (Å²) in [4.78, 5) is 0. The quantitative estimate of drug-likeness (QED) is 0.794. The first-order valence-electron chi connectivity index (χ1n) is 5.02. The Bertz CT molecular complexity index is 494. The number of benzene rings is 1. The maximum absolute atomic E-state index is 13.0. The fourth-order valence-electron chi connectivity index (χ4n) is 1.40. The Hall–Kier alpha value is -1.84. The number of aromatic nitrogens is 2. The number of ether oxygens (including phenoxy) is 1. The molecule has 2 rings (SSSR count). The molecule has 0 saturated heterocycles. The second-order valence-corrected chi connectivity index (χ2v) is 3.68. The largest absolute Gasteiger partial charge is 0.487 e. The summed E-state index contributed by atoms with van der Waals surface area (Å²) in [5.41, 5.74) is 1.43. The highest BCUT2D eigenvalue weighted by Crippen LogP contribution is 2.16. The molecule has 1 aromatic heterocycles. The van der Waals surface area contributed by atoms with Gasteiger partial charge in [0.2, 0.25) is 0 Å². The van der Waals surface area contributed by atoms with Gasteiger partial charge in [-0.25, -0.2) is 4.39 Å². The molecular weight excluding hydrogens is 207 g/mol. The lowest BCUT2D eigenvalue weighted by atomic mass is 10.2. The lowest BCUT2D eigenvalue weighted by molar-refractivity contribution is 0.299. The molecule has 0 saturated carbocycles. The summed E-state index contributed by atoms with van der Waals surface area (Å²) in [7, 11) is 1.85. The van der Waals surface area contributed by atoms with E-state index in [4.69, 9.17) is 4.74 Å². The maximum atomic E-state index is 13.0. The van der Waals surface area contributed by atoms with Crippen LogP contribution in [0.4, 0.5) is 4.39 Å². The molecule has 0 aliphatic rings. The maximum Gasteiger partial charge on any atom is 0.132 e. The molecule has 0 atom stereocenters. The normalized spacial score (nSPS) is 10.4. The van der Waals surface area contributed by atoms with Crippen LogP contribution in [0.1, 0.15) is 11.3 Å². The first-order valence-corrected chi connectivity index (χ1v) is 5.02. The van der Waals surface area contributed by atoms with E-state index in [1.54, 1.807) is 23.7 Å². The van der Waals surface area contributed by atoms with Crippen molar-refractivity contribution in [2.75, 3.05) is 0 Å². The smallest absolute Gasteiger partial charge is 0.132 e. The lowest BCUT2D eigenvalue weighted by Gasteiger charge is -2.05. The third kappa shape index (κ3) is 2.39. The van der Waals surface area contributed by atoms with E-state index in [9.17, 15) is 4.39 Å². The minimum absolute atomic E-state index is 0.217. The molecule has 3 nitrogen and oxygen atoms in total. The van der Waals surface area contributed by atoms with Crippen molar-refractivity contribution in [1.82, 2.24) is 9.78 Å². The molecule has 0 radical (unpaired) electrons. The zero-order valence-corrected chi connectivity index (χ0v) is 9.27. The monoisotopic (exact) mass is 220 g/mol. The molecule has 0 bridgehead atoms. The lowest BCUT2D eigenvalue weighted by Crippen LogP contribution is -1.98. The van der Waals surface area contributed by atoms with Crippen molar-refractivity contribution >= 4 is 0 Å². The molecule has 0 unspecified atom stereocenters.